The molecular weight excluding hydrogens is 462 g/mol. The van der Waals surface area contributed by atoms with Crippen molar-refractivity contribution in [2.24, 2.45) is 0 Å². The van der Waals surface area contributed by atoms with Gasteiger partial charge in [-0.1, -0.05) is 23.7 Å². The van der Waals surface area contributed by atoms with Crippen LogP contribution in [0.3, 0.4) is 0 Å². The van der Waals surface area contributed by atoms with Crippen molar-refractivity contribution in [3.8, 4) is 22.4 Å². The molecule has 35 heavy (non-hydrogen) atoms. The smallest absolute Gasteiger partial charge is 0.260 e. The number of rotatable bonds is 5. The zero-order valence-electron chi connectivity index (χ0n) is 20.1. The van der Waals surface area contributed by atoms with Crippen molar-refractivity contribution in [2.75, 3.05) is 25.5 Å². The van der Waals surface area contributed by atoms with Crippen molar-refractivity contribution < 1.29 is 0 Å². The Morgan fingerprint density at radius 3 is 2.60 bits per heavy atom. The summed E-state index contributed by atoms with van der Waals surface area (Å²) in [5.41, 5.74) is 4.08. The van der Waals surface area contributed by atoms with Gasteiger partial charge in [0.1, 0.15) is 5.65 Å². The summed E-state index contributed by atoms with van der Waals surface area (Å²) in [7, 11) is 2.14. The second-order valence-electron chi connectivity index (χ2n) is 9.04. The first kappa shape index (κ1) is 23.4. The highest BCUT2D eigenvalue weighted by atomic mass is 35.5. The lowest BCUT2D eigenvalue weighted by Gasteiger charge is -2.29. The highest BCUT2D eigenvalue weighted by Gasteiger charge is 2.19. The number of nitrogens with zero attached hydrogens (tertiary/aromatic N) is 6. The third-order valence-electron chi connectivity index (χ3n) is 6.51. The molecule has 1 N–H and O–H groups in total. The Hall–Kier alpha value is -3.36. The lowest BCUT2D eigenvalue weighted by atomic mass is 10.0. The van der Waals surface area contributed by atoms with Gasteiger partial charge in [0.25, 0.3) is 5.56 Å². The fourth-order valence-electron chi connectivity index (χ4n) is 4.55. The zero-order chi connectivity index (χ0) is 24.5. The summed E-state index contributed by atoms with van der Waals surface area (Å²) in [6.45, 7) is 6.42. The molecule has 9 heteroatoms. The van der Waals surface area contributed by atoms with Gasteiger partial charge < -0.3 is 10.2 Å². The van der Waals surface area contributed by atoms with Gasteiger partial charge in [0.2, 0.25) is 5.95 Å². The molecule has 4 heterocycles. The van der Waals surface area contributed by atoms with Gasteiger partial charge in [-0.25, -0.2) is 9.97 Å². The molecule has 1 aliphatic heterocycles. The number of aromatic nitrogens is 5. The van der Waals surface area contributed by atoms with Crippen LogP contribution in [0.4, 0.5) is 5.95 Å². The first-order valence-corrected chi connectivity index (χ1v) is 12.3. The van der Waals surface area contributed by atoms with E-state index in [9.17, 15) is 4.79 Å². The van der Waals surface area contributed by atoms with Crippen LogP contribution in [0.2, 0.25) is 5.02 Å². The number of benzene rings is 1. The SMILES string of the molecule is CCn1c(=O)c(-c2ccc(-c3cncc(C)n3)cc2Cl)cc2cnc(NC3CCN(C)CC3)nc21. The first-order chi connectivity index (χ1) is 16.9. The van der Waals surface area contributed by atoms with Crippen LogP contribution in [0.25, 0.3) is 33.4 Å². The Bertz CT molecular complexity index is 1440. The highest BCUT2D eigenvalue weighted by Crippen LogP contribution is 2.31. The molecule has 5 rings (SSSR count). The number of aryl methyl sites for hydroxylation is 2. The van der Waals surface area contributed by atoms with Crippen LogP contribution < -0.4 is 10.9 Å². The molecule has 0 radical (unpaired) electrons. The van der Waals surface area contributed by atoms with Crippen molar-refractivity contribution >= 4 is 28.6 Å². The monoisotopic (exact) mass is 489 g/mol. The second-order valence-corrected chi connectivity index (χ2v) is 9.45. The van der Waals surface area contributed by atoms with E-state index in [0.29, 0.717) is 40.3 Å². The van der Waals surface area contributed by atoms with Crippen LogP contribution in [0, 0.1) is 6.92 Å². The van der Waals surface area contributed by atoms with E-state index in [1.54, 1.807) is 23.2 Å². The van der Waals surface area contributed by atoms with Crippen LogP contribution in [0.15, 0.2) is 47.7 Å². The molecule has 180 valence electrons. The maximum atomic E-state index is 13.5. The van der Waals surface area contributed by atoms with Gasteiger partial charge in [0.05, 0.1) is 17.6 Å². The van der Waals surface area contributed by atoms with E-state index < -0.39 is 0 Å². The topological polar surface area (TPSA) is 88.8 Å². The first-order valence-electron chi connectivity index (χ1n) is 11.9. The minimum absolute atomic E-state index is 0.131. The Morgan fingerprint density at radius 2 is 1.89 bits per heavy atom. The number of hydrogen-bond acceptors (Lipinski definition) is 7. The predicted molar refractivity (Wildman–Crippen MR) is 140 cm³/mol. The lowest BCUT2D eigenvalue weighted by Crippen LogP contribution is -2.37. The van der Waals surface area contributed by atoms with Crippen LogP contribution in [-0.2, 0) is 6.54 Å². The maximum absolute atomic E-state index is 13.5. The molecule has 0 amide bonds. The fraction of sp³-hybridized carbons (Fsp3) is 0.346. The molecule has 0 bridgehead atoms. The molecule has 1 aromatic carbocycles. The third-order valence-corrected chi connectivity index (χ3v) is 6.82. The summed E-state index contributed by atoms with van der Waals surface area (Å²) in [5.74, 6) is 0.558. The number of halogens is 1. The molecule has 4 aromatic rings. The average Bonchev–Trinajstić information content (AvgIpc) is 2.85. The molecule has 8 nitrogen and oxygen atoms in total. The number of nitrogens with one attached hydrogen (secondary N) is 1. The summed E-state index contributed by atoms with van der Waals surface area (Å²) < 4.78 is 1.68. The zero-order valence-corrected chi connectivity index (χ0v) is 20.9. The van der Waals surface area contributed by atoms with E-state index in [1.165, 1.54) is 0 Å². The Labute approximate surface area is 209 Å². The van der Waals surface area contributed by atoms with Crippen molar-refractivity contribution in [3.63, 3.8) is 0 Å². The van der Waals surface area contributed by atoms with Crippen LogP contribution in [0.5, 0.6) is 0 Å². The van der Waals surface area contributed by atoms with E-state index in [4.69, 9.17) is 16.6 Å². The lowest BCUT2D eigenvalue weighted by molar-refractivity contribution is 0.263. The Kier molecular flexibility index (Phi) is 6.49. The van der Waals surface area contributed by atoms with Crippen molar-refractivity contribution in [2.45, 2.75) is 39.3 Å². The van der Waals surface area contributed by atoms with Crippen molar-refractivity contribution in [1.29, 1.82) is 0 Å². The normalized spacial score (nSPS) is 15.0. The average molecular weight is 490 g/mol. The molecule has 0 spiro atoms. The minimum atomic E-state index is -0.131. The van der Waals surface area contributed by atoms with Gasteiger partial charge in [0.15, 0.2) is 0 Å². The quantitative estimate of drug-likeness (QED) is 0.444. The Morgan fingerprint density at radius 1 is 1.09 bits per heavy atom. The van der Waals surface area contributed by atoms with Crippen LogP contribution in [-0.4, -0.2) is 55.6 Å². The van der Waals surface area contributed by atoms with E-state index >= 15 is 0 Å². The molecule has 1 aliphatic rings. The predicted octanol–water partition coefficient (Wildman–Crippen LogP) is 4.40. The molecule has 0 saturated carbocycles. The number of pyridine rings is 1. The minimum Gasteiger partial charge on any atom is -0.351 e. The van der Waals surface area contributed by atoms with Crippen LogP contribution in [0.1, 0.15) is 25.5 Å². The number of fused-ring (bicyclic) bond motifs is 1. The molecular formula is C26H28ClN7O. The summed E-state index contributed by atoms with van der Waals surface area (Å²) in [5, 5.41) is 4.72. The standard InChI is InChI=1S/C26H28ClN7O/c1-4-34-24-18(14-29-26(32-24)31-19-7-9-33(3)10-8-19)11-21(25(34)35)20-6-5-17(12-22(20)27)23-15-28-13-16(2)30-23/h5-6,11-15,19H,4,7-10H2,1-3H3,(H,29,31,32). The van der Waals surface area contributed by atoms with Crippen molar-refractivity contribution in [1.82, 2.24) is 29.4 Å². The number of likely N-dealkylation sites (tertiary alicyclic amines) is 1. The molecule has 1 fully saturated rings. The van der Waals surface area contributed by atoms with Gasteiger partial charge >= 0.3 is 0 Å². The summed E-state index contributed by atoms with van der Waals surface area (Å²) in [6, 6.07) is 7.76. The largest absolute Gasteiger partial charge is 0.351 e. The highest BCUT2D eigenvalue weighted by molar-refractivity contribution is 6.33. The Balaban J connectivity index is 1.51. The van der Waals surface area contributed by atoms with Gasteiger partial charge in [-0.15, -0.1) is 0 Å². The van der Waals surface area contributed by atoms with Crippen molar-refractivity contribution in [3.05, 3.63) is 63.9 Å². The van der Waals surface area contributed by atoms with E-state index in [1.807, 2.05) is 38.1 Å². The van der Waals surface area contributed by atoms with Gasteiger partial charge in [-0.2, -0.15) is 4.98 Å². The molecule has 0 aliphatic carbocycles. The second kappa shape index (κ2) is 9.71. The molecule has 0 atom stereocenters. The van der Waals surface area contributed by atoms with E-state index in [-0.39, 0.29) is 5.56 Å². The maximum Gasteiger partial charge on any atom is 0.260 e. The summed E-state index contributed by atoms with van der Waals surface area (Å²) in [4.78, 5) is 33.8. The van der Waals surface area contributed by atoms with Gasteiger partial charge in [-0.05, 0) is 59.0 Å². The van der Waals surface area contributed by atoms with Gasteiger partial charge in [-0.3, -0.25) is 14.3 Å². The van der Waals surface area contributed by atoms with Gasteiger partial charge in [0, 0.05) is 52.1 Å². The number of hydrogen-bond donors (Lipinski definition) is 1. The number of anilines is 1. The van der Waals surface area contributed by atoms with E-state index in [0.717, 1.165) is 48.3 Å². The summed E-state index contributed by atoms with van der Waals surface area (Å²) in [6.07, 6.45) is 7.27. The van der Waals surface area contributed by atoms with E-state index in [2.05, 4.69) is 32.2 Å². The fourth-order valence-corrected chi connectivity index (χ4v) is 4.83. The molecule has 3 aromatic heterocycles. The summed E-state index contributed by atoms with van der Waals surface area (Å²) >= 11 is 6.68. The number of piperidine rings is 1. The third kappa shape index (κ3) is 4.76. The van der Waals surface area contributed by atoms with Crippen LogP contribution >= 0.6 is 11.6 Å². The molecule has 1 saturated heterocycles. The molecule has 0 unspecified atom stereocenters.